The fourth-order valence-corrected chi connectivity index (χ4v) is 4.66. The highest BCUT2D eigenvalue weighted by Crippen LogP contribution is 2.29. The van der Waals surface area contributed by atoms with E-state index in [0.29, 0.717) is 38.9 Å². The van der Waals surface area contributed by atoms with Crippen LogP contribution in [0.25, 0.3) is 33.2 Å². The number of pyridine rings is 1. The highest BCUT2D eigenvalue weighted by molar-refractivity contribution is 5.85. The van der Waals surface area contributed by atoms with Crippen molar-refractivity contribution in [2.75, 3.05) is 0 Å². The zero-order chi connectivity index (χ0) is 25.8. The zero-order valence-electron chi connectivity index (χ0n) is 20.5. The summed E-state index contributed by atoms with van der Waals surface area (Å²) in [5, 5.41) is 21.2. The predicted molar refractivity (Wildman–Crippen MR) is 135 cm³/mol. The number of rotatable bonds is 3. The number of halogens is 1. The topological polar surface area (TPSA) is 87.7 Å². The fraction of sp³-hybridized carbons (Fsp3) is 0.214. The normalized spacial score (nSPS) is 11.8. The molecule has 1 N–H and O–H groups in total. The van der Waals surface area contributed by atoms with Gasteiger partial charge in [-0.2, -0.15) is 5.26 Å². The van der Waals surface area contributed by atoms with Crippen molar-refractivity contribution >= 4 is 21.8 Å². The van der Waals surface area contributed by atoms with Crippen LogP contribution in [0.2, 0.25) is 0 Å². The van der Waals surface area contributed by atoms with Crippen LogP contribution in [0.1, 0.15) is 37.5 Å². The van der Waals surface area contributed by atoms with E-state index in [1.54, 1.807) is 59.2 Å². The smallest absolute Gasteiger partial charge is 0.317 e. The summed E-state index contributed by atoms with van der Waals surface area (Å²) in [6.07, 6.45) is 5.00. The molecule has 3 aromatic heterocycles. The van der Waals surface area contributed by atoms with Gasteiger partial charge in [-0.3, -0.25) is 9.36 Å². The van der Waals surface area contributed by atoms with Crippen LogP contribution in [0.15, 0.2) is 65.8 Å². The number of hydrogen-bond donors (Lipinski definition) is 1. The second-order valence-electron chi connectivity index (χ2n) is 9.82. The Hall–Kier alpha value is -4.35. The lowest BCUT2D eigenvalue weighted by molar-refractivity contribution is -0.748. The molecule has 0 bridgehead atoms. The van der Waals surface area contributed by atoms with Crippen LogP contribution >= 0.6 is 0 Å². The molecule has 0 spiro atoms. The minimum Gasteiger partial charge on any atom is -0.392 e. The number of fused-ring (bicyclic) bond motifs is 2. The van der Waals surface area contributed by atoms with Gasteiger partial charge in [-0.25, -0.2) is 9.37 Å². The molecular weight excluding hydrogens is 457 g/mol. The lowest BCUT2D eigenvalue weighted by Gasteiger charge is -2.20. The quantitative estimate of drug-likeness (QED) is 0.395. The van der Waals surface area contributed by atoms with E-state index >= 15 is 4.39 Å². The van der Waals surface area contributed by atoms with Gasteiger partial charge in [0, 0.05) is 23.3 Å². The first kappa shape index (κ1) is 23.4. The van der Waals surface area contributed by atoms with Gasteiger partial charge in [-0.05, 0) is 47.4 Å². The van der Waals surface area contributed by atoms with Gasteiger partial charge in [0.1, 0.15) is 23.2 Å². The molecule has 5 aromatic rings. The van der Waals surface area contributed by atoms with Crippen LogP contribution in [0, 0.1) is 17.1 Å². The summed E-state index contributed by atoms with van der Waals surface area (Å²) in [6, 6.07) is 14.2. The Bertz CT molecular complexity index is 1770. The summed E-state index contributed by atoms with van der Waals surface area (Å²) in [5.41, 5.74) is 2.38. The summed E-state index contributed by atoms with van der Waals surface area (Å²) < 4.78 is 20.0. The van der Waals surface area contributed by atoms with E-state index in [1.807, 2.05) is 32.9 Å². The number of aliphatic hydroxyl groups excluding tert-OH is 1. The molecule has 8 heteroatoms. The fourth-order valence-electron chi connectivity index (χ4n) is 4.66. The average Bonchev–Trinajstić information content (AvgIpc) is 3.21. The number of aliphatic hydroxyl groups is 1. The maximum atomic E-state index is 15.3. The van der Waals surface area contributed by atoms with Crippen LogP contribution in [-0.2, 0) is 19.1 Å². The molecule has 2 aromatic carbocycles. The van der Waals surface area contributed by atoms with Crippen molar-refractivity contribution in [3.8, 4) is 17.4 Å². The van der Waals surface area contributed by atoms with Crippen molar-refractivity contribution in [2.45, 2.75) is 32.8 Å². The summed E-state index contributed by atoms with van der Waals surface area (Å²) >= 11 is 0. The van der Waals surface area contributed by atoms with E-state index in [4.69, 9.17) is 0 Å². The predicted octanol–water partition coefficient (Wildman–Crippen LogP) is 3.95. The third-order valence-electron chi connectivity index (χ3n) is 6.49. The molecule has 3 heterocycles. The first-order valence-electron chi connectivity index (χ1n) is 11.5. The molecule has 0 unspecified atom stereocenters. The van der Waals surface area contributed by atoms with Gasteiger partial charge >= 0.3 is 5.56 Å². The van der Waals surface area contributed by atoms with Crippen molar-refractivity contribution in [1.82, 2.24) is 14.2 Å². The number of aromatic nitrogens is 4. The maximum Gasteiger partial charge on any atom is 0.317 e. The summed E-state index contributed by atoms with van der Waals surface area (Å²) in [6.45, 7) is 5.58. The average molecular weight is 483 g/mol. The van der Waals surface area contributed by atoms with E-state index in [0.717, 1.165) is 5.56 Å². The van der Waals surface area contributed by atoms with Gasteiger partial charge in [0.2, 0.25) is 6.20 Å². The van der Waals surface area contributed by atoms with Gasteiger partial charge in [0.15, 0.2) is 7.05 Å². The number of nitriles is 1. The van der Waals surface area contributed by atoms with Gasteiger partial charge in [0.05, 0.1) is 28.6 Å². The van der Waals surface area contributed by atoms with Gasteiger partial charge in [-0.15, -0.1) is 4.68 Å². The summed E-state index contributed by atoms with van der Waals surface area (Å²) in [7, 11) is 1.71. The molecule has 0 saturated carbocycles. The molecular formula is C28H25FN5O2+. The van der Waals surface area contributed by atoms with Crippen molar-refractivity contribution in [3.63, 3.8) is 0 Å². The Morgan fingerprint density at radius 3 is 2.61 bits per heavy atom. The van der Waals surface area contributed by atoms with Crippen LogP contribution in [-0.4, -0.2) is 19.3 Å². The molecule has 0 saturated heterocycles. The Kier molecular flexibility index (Phi) is 5.46. The number of nitrogens with zero attached hydrogens (tertiary/aromatic N) is 5. The van der Waals surface area contributed by atoms with Crippen molar-refractivity contribution in [2.24, 2.45) is 7.05 Å². The van der Waals surface area contributed by atoms with E-state index in [9.17, 15) is 15.2 Å². The molecule has 0 atom stereocenters. The minimum absolute atomic E-state index is 0.0183. The third kappa shape index (κ3) is 3.56. The minimum atomic E-state index is -0.585. The number of aryl methyl sites for hydroxylation is 1. The van der Waals surface area contributed by atoms with E-state index in [2.05, 4.69) is 11.1 Å². The second-order valence-corrected chi connectivity index (χ2v) is 9.82. The highest BCUT2D eigenvalue weighted by Gasteiger charge is 2.25. The Balaban J connectivity index is 1.80. The number of hydrogen-bond acceptors (Lipinski definition) is 4. The molecule has 0 aliphatic rings. The Morgan fingerprint density at radius 1 is 1.17 bits per heavy atom. The molecule has 7 nitrogen and oxygen atoms in total. The first-order valence-corrected chi connectivity index (χ1v) is 11.5. The van der Waals surface area contributed by atoms with Gasteiger partial charge < -0.3 is 5.11 Å². The van der Waals surface area contributed by atoms with Gasteiger partial charge in [0.25, 0.3) is 0 Å². The molecule has 0 aliphatic heterocycles. The lowest BCUT2D eigenvalue weighted by Crippen LogP contribution is -2.48. The zero-order valence-corrected chi connectivity index (χ0v) is 20.5. The molecule has 0 amide bonds. The van der Waals surface area contributed by atoms with E-state index < -0.39 is 18.0 Å². The van der Waals surface area contributed by atoms with Crippen molar-refractivity contribution < 1.29 is 14.2 Å². The molecule has 0 aliphatic carbocycles. The SMILES string of the molecule is C[n+]1cc2cc(C(C)(C)C)cc(F)c2c(=O)n1-c1cccc(-n2cc(C#N)c3cccnc32)c1CO. The lowest BCUT2D eigenvalue weighted by atomic mass is 9.86. The third-order valence-corrected chi connectivity index (χ3v) is 6.49. The molecule has 36 heavy (non-hydrogen) atoms. The van der Waals surface area contributed by atoms with Crippen LogP contribution in [0.3, 0.4) is 0 Å². The van der Waals surface area contributed by atoms with E-state index in [1.165, 1.54) is 10.7 Å². The molecule has 0 fully saturated rings. The number of benzene rings is 2. The Morgan fingerprint density at radius 2 is 1.92 bits per heavy atom. The highest BCUT2D eigenvalue weighted by atomic mass is 19.1. The van der Waals surface area contributed by atoms with Crippen LogP contribution < -0.4 is 10.2 Å². The molecule has 5 rings (SSSR count). The van der Waals surface area contributed by atoms with Crippen LogP contribution in [0.5, 0.6) is 0 Å². The van der Waals surface area contributed by atoms with Crippen LogP contribution in [0.4, 0.5) is 4.39 Å². The maximum absolute atomic E-state index is 15.3. The Labute approximate surface area is 206 Å². The summed E-state index contributed by atoms with van der Waals surface area (Å²) in [4.78, 5) is 18.1. The monoisotopic (exact) mass is 482 g/mol. The first-order chi connectivity index (χ1) is 17.2. The van der Waals surface area contributed by atoms with E-state index in [-0.39, 0.29) is 10.8 Å². The molecule has 180 valence electrons. The largest absolute Gasteiger partial charge is 0.392 e. The standard InChI is InChI=1S/C28H25FN5O2/c1-28(2,3)19-11-17-14-32(4)34(27(36)25(17)22(29)12-19)24-9-5-8-23(21(24)16-35)33-15-18(13-30)20-7-6-10-31-26(20)33/h5-12,14-15,35H,16H2,1-4H3/q+1. The summed E-state index contributed by atoms with van der Waals surface area (Å²) in [5.74, 6) is -0.585. The second kappa shape index (κ2) is 8.40. The van der Waals surface area contributed by atoms with Crippen molar-refractivity contribution in [1.29, 1.82) is 5.26 Å². The van der Waals surface area contributed by atoms with Gasteiger partial charge in [-0.1, -0.05) is 31.5 Å². The molecule has 0 radical (unpaired) electrons. The van der Waals surface area contributed by atoms with Crippen molar-refractivity contribution in [3.05, 3.63) is 93.9 Å².